The molecule has 1 aromatic heterocycles. The predicted molar refractivity (Wildman–Crippen MR) is 61.2 cm³/mol. The number of carboxylic acids is 1. The summed E-state index contributed by atoms with van der Waals surface area (Å²) >= 11 is 5.70. The van der Waals surface area contributed by atoms with E-state index in [9.17, 15) is 15.0 Å². The van der Waals surface area contributed by atoms with Gasteiger partial charge in [-0.15, -0.1) is 0 Å². The predicted octanol–water partition coefficient (Wildman–Crippen LogP) is 1.14. The van der Waals surface area contributed by atoms with Crippen molar-refractivity contribution in [3.63, 3.8) is 0 Å². The summed E-state index contributed by atoms with van der Waals surface area (Å²) in [6, 6.07) is 1.10. The van der Waals surface area contributed by atoms with Crippen molar-refractivity contribution in [2.45, 2.75) is 12.2 Å². The van der Waals surface area contributed by atoms with Gasteiger partial charge in [-0.25, -0.2) is 9.78 Å². The maximum absolute atomic E-state index is 10.7. The lowest BCUT2D eigenvalue weighted by molar-refractivity contribution is 0.0241. The smallest absolute Gasteiger partial charge is 0.337 e. The first kappa shape index (κ1) is 14.2. The fraction of sp³-hybridized carbons (Fsp3) is 0.333. The minimum atomic E-state index is -1.49. The van der Waals surface area contributed by atoms with Crippen LogP contribution in [0.5, 0.6) is 0 Å². The van der Waals surface area contributed by atoms with Gasteiger partial charge < -0.3 is 15.3 Å². The first-order chi connectivity index (χ1) is 8.47. The van der Waals surface area contributed by atoms with Crippen LogP contribution in [0.4, 0.5) is 0 Å². The van der Waals surface area contributed by atoms with E-state index in [4.69, 9.17) is 22.2 Å². The van der Waals surface area contributed by atoms with Crippen LogP contribution in [0.3, 0.4) is 0 Å². The average Bonchev–Trinajstić information content (AvgIpc) is 2.35. The van der Waals surface area contributed by atoms with E-state index in [0.717, 1.165) is 12.3 Å². The van der Waals surface area contributed by atoms with E-state index >= 15 is 0 Å². The zero-order valence-electron chi connectivity index (χ0n) is 8.93. The van der Waals surface area contributed by atoms with Gasteiger partial charge in [0.2, 0.25) is 0 Å². The Hall–Kier alpha value is -1.86. The van der Waals surface area contributed by atoms with Crippen molar-refractivity contribution in [3.8, 4) is 0 Å². The molecule has 0 aliphatic carbocycles. The Labute approximate surface area is 106 Å². The van der Waals surface area contributed by atoms with Crippen LogP contribution in [0.2, 0.25) is 5.15 Å². The summed E-state index contributed by atoms with van der Waals surface area (Å²) in [5.41, 5.74) is 7.87. The van der Waals surface area contributed by atoms with Crippen LogP contribution in [-0.4, -0.2) is 38.9 Å². The molecule has 0 saturated heterocycles. The average molecular weight is 273 g/mol. The number of pyridine rings is 1. The van der Waals surface area contributed by atoms with Gasteiger partial charge in [-0.1, -0.05) is 16.7 Å². The minimum absolute atomic E-state index is 0.0443. The highest BCUT2D eigenvalue weighted by molar-refractivity contribution is 6.30. The molecule has 1 rings (SSSR count). The molecule has 0 spiro atoms. The molecular formula is C9H9ClN4O4. The van der Waals surface area contributed by atoms with Gasteiger partial charge in [-0.3, -0.25) is 0 Å². The first-order valence-electron chi connectivity index (χ1n) is 4.73. The Bertz CT molecular complexity index is 503. The molecule has 0 saturated carbocycles. The quantitative estimate of drug-likeness (QED) is 0.319. The van der Waals surface area contributed by atoms with Crippen LogP contribution in [0.25, 0.3) is 10.4 Å². The Balaban J connectivity index is 3.03. The summed E-state index contributed by atoms with van der Waals surface area (Å²) in [6.45, 7) is -0.370. The molecule has 0 aromatic carbocycles. The number of azide groups is 1. The molecule has 0 amide bonds. The summed E-state index contributed by atoms with van der Waals surface area (Å²) in [4.78, 5) is 16.8. The monoisotopic (exact) mass is 272 g/mol. The van der Waals surface area contributed by atoms with Gasteiger partial charge in [0.1, 0.15) is 11.3 Å². The van der Waals surface area contributed by atoms with Gasteiger partial charge >= 0.3 is 5.97 Å². The third kappa shape index (κ3) is 3.31. The SMILES string of the molecule is [N-]=[N+]=NCC(O)C(O)c1cc(C(=O)O)cnc1Cl. The van der Waals surface area contributed by atoms with Gasteiger partial charge in [0, 0.05) is 16.7 Å². The lowest BCUT2D eigenvalue weighted by Gasteiger charge is -2.17. The highest BCUT2D eigenvalue weighted by atomic mass is 35.5. The van der Waals surface area contributed by atoms with Gasteiger partial charge in [0.05, 0.1) is 18.2 Å². The Morgan fingerprint density at radius 2 is 2.28 bits per heavy atom. The molecule has 0 fully saturated rings. The van der Waals surface area contributed by atoms with Crippen molar-refractivity contribution in [2.75, 3.05) is 6.54 Å². The zero-order chi connectivity index (χ0) is 13.7. The lowest BCUT2D eigenvalue weighted by atomic mass is 10.0. The normalized spacial score (nSPS) is 13.5. The van der Waals surface area contributed by atoms with Gasteiger partial charge in [-0.05, 0) is 11.6 Å². The zero-order valence-corrected chi connectivity index (χ0v) is 9.69. The van der Waals surface area contributed by atoms with Gasteiger partial charge in [-0.2, -0.15) is 0 Å². The largest absolute Gasteiger partial charge is 0.478 e. The summed E-state index contributed by atoms with van der Waals surface area (Å²) in [5, 5.41) is 31.0. The van der Waals surface area contributed by atoms with Crippen LogP contribution in [0, 0.1) is 0 Å². The highest BCUT2D eigenvalue weighted by Gasteiger charge is 2.22. The second-order valence-electron chi connectivity index (χ2n) is 3.33. The molecule has 1 aromatic rings. The molecule has 0 bridgehead atoms. The molecule has 0 aliphatic heterocycles. The number of halogens is 1. The molecule has 0 aliphatic rings. The lowest BCUT2D eigenvalue weighted by Crippen LogP contribution is -2.22. The van der Waals surface area contributed by atoms with E-state index < -0.39 is 18.2 Å². The number of carbonyl (C=O) groups is 1. The van der Waals surface area contributed by atoms with Crippen LogP contribution in [0.1, 0.15) is 22.0 Å². The summed E-state index contributed by atoms with van der Waals surface area (Å²) in [5.74, 6) is -1.24. The number of hydrogen-bond donors (Lipinski definition) is 3. The second kappa shape index (κ2) is 6.18. The third-order valence-corrected chi connectivity index (χ3v) is 2.44. The molecule has 1 heterocycles. The van der Waals surface area contributed by atoms with Gasteiger partial charge in [0.25, 0.3) is 0 Å². The molecule has 2 unspecified atom stereocenters. The number of aromatic carboxylic acids is 1. The maximum atomic E-state index is 10.7. The second-order valence-corrected chi connectivity index (χ2v) is 3.69. The number of hydrogen-bond acceptors (Lipinski definition) is 5. The molecule has 9 heteroatoms. The molecule has 3 N–H and O–H groups in total. The highest BCUT2D eigenvalue weighted by Crippen LogP contribution is 2.24. The van der Waals surface area contributed by atoms with Crippen LogP contribution in [0.15, 0.2) is 17.4 Å². The fourth-order valence-corrected chi connectivity index (χ4v) is 1.43. The molecule has 2 atom stereocenters. The van der Waals surface area contributed by atoms with Crippen molar-refractivity contribution < 1.29 is 20.1 Å². The molecular weight excluding hydrogens is 264 g/mol. The van der Waals surface area contributed by atoms with Crippen molar-refractivity contribution in [1.29, 1.82) is 0 Å². The fourth-order valence-electron chi connectivity index (χ4n) is 1.22. The van der Waals surface area contributed by atoms with E-state index in [-0.39, 0.29) is 22.8 Å². The minimum Gasteiger partial charge on any atom is -0.478 e. The third-order valence-electron chi connectivity index (χ3n) is 2.13. The van der Waals surface area contributed by atoms with E-state index in [1.54, 1.807) is 0 Å². The summed E-state index contributed by atoms with van der Waals surface area (Å²) in [6.07, 6.45) is -1.86. The van der Waals surface area contributed by atoms with Crippen LogP contribution >= 0.6 is 11.6 Å². The van der Waals surface area contributed by atoms with Crippen molar-refractivity contribution >= 4 is 17.6 Å². The topological polar surface area (TPSA) is 139 Å². The van der Waals surface area contributed by atoms with Crippen LogP contribution < -0.4 is 0 Å². The number of aliphatic hydroxyl groups is 2. The van der Waals surface area contributed by atoms with E-state index in [1.165, 1.54) is 0 Å². The van der Waals surface area contributed by atoms with Crippen LogP contribution in [-0.2, 0) is 0 Å². The molecule has 96 valence electrons. The van der Waals surface area contributed by atoms with E-state index in [2.05, 4.69) is 15.0 Å². The molecule has 18 heavy (non-hydrogen) atoms. The summed E-state index contributed by atoms with van der Waals surface area (Å²) < 4.78 is 0. The number of rotatable bonds is 5. The van der Waals surface area contributed by atoms with E-state index in [0.29, 0.717) is 0 Å². The first-order valence-corrected chi connectivity index (χ1v) is 5.11. The standard InChI is InChI=1S/C9H9ClN4O4/c10-8-5(1-4(2-12-8)9(17)18)7(16)6(15)3-13-14-11/h1-2,6-7,15-16H,3H2,(H,17,18). The Morgan fingerprint density at radius 1 is 1.61 bits per heavy atom. The van der Waals surface area contributed by atoms with Crippen molar-refractivity contribution in [1.82, 2.24) is 4.98 Å². The molecule has 8 nitrogen and oxygen atoms in total. The van der Waals surface area contributed by atoms with E-state index in [1.807, 2.05) is 0 Å². The van der Waals surface area contributed by atoms with Gasteiger partial charge in [0.15, 0.2) is 0 Å². The van der Waals surface area contributed by atoms with Crippen molar-refractivity contribution in [3.05, 3.63) is 39.0 Å². The maximum Gasteiger partial charge on any atom is 0.337 e. The summed E-state index contributed by atoms with van der Waals surface area (Å²) in [7, 11) is 0. The molecule has 0 radical (unpaired) electrons. The number of nitrogens with zero attached hydrogens (tertiary/aromatic N) is 4. The Morgan fingerprint density at radius 3 is 2.83 bits per heavy atom. The number of carboxylic acid groups (broad SMARTS) is 1. The number of aromatic nitrogens is 1. The Kier molecular flexibility index (Phi) is 4.87. The van der Waals surface area contributed by atoms with Crippen molar-refractivity contribution in [2.24, 2.45) is 5.11 Å². The number of aliphatic hydroxyl groups excluding tert-OH is 2.